The number of aliphatic imine (C=N–C) groups is 1. The monoisotopic (exact) mass is 146 g/mol. The van der Waals surface area contributed by atoms with Crippen LogP contribution in [0.5, 0.6) is 0 Å². The van der Waals surface area contributed by atoms with E-state index in [1.54, 1.807) is 7.05 Å². The lowest BCUT2D eigenvalue weighted by Gasteiger charge is -2.14. The molecule has 0 unspecified atom stereocenters. The molecule has 0 radical (unpaired) electrons. The third-order valence-electron chi connectivity index (χ3n) is 1.13. The average Bonchev–Trinajstić information content (AvgIpc) is 1.87. The lowest BCUT2D eigenvalue weighted by molar-refractivity contribution is 0.655. The normalized spacial score (nSPS) is 11.8. The zero-order chi connectivity index (χ0) is 7.28. The van der Waals surface area contributed by atoms with E-state index in [2.05, 4.69) is 24.7 Å². The van der Waals surface area contributed by atoms with Gasteiger partial charge in [-0.05, 0) is 13.3 Å². The number of amidine groups is 1. The zero-order valence-electron chi connectivity index (χ0n) is 6.26. The van der Waals surface area contributed by atoms with Crippen molar-refractivity contribution < 1.29 is 0 Å². The average molecular weight is 146 g/mol. The van der Waals surface area contributed by atoms with E-state index in [9.17, 15) is 0 Å². The highest BCUT2D eigenvalue weighted by Crippen LogP contribution is 1.96. The van der Waals surface area contributed by atoms with E-state index in [-0.39, 0.29) is 0 Å². The van der Waals surface area contributed by atoms with Gasteiger partial charge in [-0.2, -0.15) is 0 Å². The quantitative estimate of drug-likeness (QED) is 0.355. The highest BCUT2D eigenvalue weighted by molar-refractivity contribution is 7.78. The van der Waals surface area contributed by atoms with Crippen molar-refractivity contribution in [1.82, 2.24) is 4.31 Å². The Morgan fingerprint density at radius 3 is 2.56 bits per heavy atom. The largest absolute Gasteiger partial charge is 0.307 e. The summed E-state index contributed by atoms with van der Waals surface area (Å²) in [5.41, 5.74) is 0. The van der Waals surface area contributed by atoms with Crippen LogP contribution in [0, 0.1) is 0 Å². The minimum Gasteiger partial charge on any atom is -0.307 e. The fourth-order valence-corrected chi connectivity index (χ4v) is 0.778. The second-order valence-corrected chi connectivity index (χ2v) is 2.38. The van der Waals surface area contributed by atoms with E-state index in [1.807, 2.05) is 11.2 Å². The molecule has 0 atom stereocenters. The van der Waals surface area contributed by atoms with Crippen LogP contribution in [0.25, 0.3) is 0 Å². The van der Waals surface area contributed by atoms with Crippen molar-refractivity contribution in [1.29, 1.82) is 0 Å². The molecule has 0 saturated heterocycles. The molecule has 0 aromatic heterocycles. The molecule has 0 aromatic rings. The maximum absolute atomic E-state index is 4.19. The summed E-state index contributed by atoms with van der Waals surface area (Å²) in [4.78, 5) is 3.97. The third-order valence-corrected chi connectivity index (χ3v) is 1.62. The van der Waals surface area contributed by atoms with Crippen molar-refractivity contribution in [2.45, 2.75) is 20.3 Å². The summed E-state index contributed by atoms with van der Waals surface area (Å²) in [5, 5.41) is 0. The first-order chi connectivity index (χ1) is 4.22. The molecule has 0 aromatic carbocycles. The van der Waals surface area contributed by atoms with Gasteiger partial charge in [-0.15, -0.1) is 0 Å². The van der Waals surface area contributed by atoms with E-state index in [0.29, 0.717) is 0 Å². The van der Waals surface area contributed by atoms with Gasteiger partial charge in [0.05, 0.1) is 0 Å². The maximum Gasteiger partial charge on any atom is 0.105 e. The van der Waals surface area contributed by atoms with Crippen LogP contribution in [0.1, 0.15) is 20.3 Å². The van der Waals surface area contributed by atoms with Crippen LogP contribution in [0.2, 0.25) is 0 Å². The molecule has 0 rings (SSSR count). The molecule has 0 saturated carbocycles. The highest BCUT2D eigenvalue weighted by Gasteiger charge is 1.95. The van der Waals surface area contributed by atoms with Gasteiger partial charge in [0, 0.05) is 13.6 Å². The second kappa shape index (κ2) is 4.68. The smallest absolute Gasteiger partial charge is 0.105 e. The Balaban J connectivity index is 3.59. The van der Waals surface area contributed by atoms with Crippen LogP contribution in [0.15, 0.2) is 4.99 Å². The van der Waals surface area contributed by atoms with Gasteiger partial charge in [0.15, 0.2) is 0 Å². The predicted octanol–water partition coefficient (Wildman–Crippen LogP) is 1.59. The Bertz CT molecular complexity index is 101. The van der Waals surface area contributed by atoms with Crippen LogP contribution in [-0.4, -0.2) is 23.7 Å². The molecule has 0 N–H and O–H groups in total. The number of hydrogen-bond donors (Lipinski definition) is 1. The van der Waals surface area contributed by atoms with E-state index >= 15 is 0 Å². The summed E-state index contributed by atoms with van der Waals surface area (Å²) < 4.78 is 1.85. The summed E-state index contributed by atoms with van der Waals surface area (Å²) in [5.74, 6) is 0.972. The van der Waals surface area contributed by atoms with Crippen LogP contribution in [0.4, 0.5) is 0 Å². The summed E-state index contributed by atoms with van der Waals surface area (Å²) in [6.07, 6.45) is 1.11. The predicted molar refractivity (Wildman–Crippen MR) is 45.0 cm³/mol. The Labute approximate surface area is 62.5 Å². The fraction of sp³-hybridized carbons (Fsp3) is 0.833. The summed E-state index contributed by atoms with van der Waals surface area (Å²) >= 11 is 4.19. The lowest BCUT2D eigenvalue weighted by Crippen LogP contribution is -2.18. The van der Waals surface area contributed by atoms with Crippen LogP contribution >= 0.6 is 12.8 Å². The molecule has 9 heavy (non-hydrogen) atoms. The third kappa shape index (κ3) is 3.40. The van der Waals surface area contributed by atoms with E-state index in [0.717, 1.165) is 18.8 Å². The first-order valence-corrected chi connectivity index (χ1v) is 3.52. The molecular weight excluding hydrogens is 132 g/mol. The summed E-state index contributed by atoms with van der Waals surface area (Å²) in [6.45, 7) is 5.03. The maximum atomic E-state index is 4.19. The van der Waals surface area contributed by atoms with Gasteiger partial charge >= 0.3 is 0 Å². The van der Waals surface area contributed by atoms with Gasteiger partial charge in [-0.1, -0.05) is 19.7 Å². The fourth-order valence-electron chi connectivity index (χ4n) is 0.489. The topological polar surface area (TPSA) is 15.6 Å². The Morgan fingerprint density at radius 1 is 1.67 bits per heavy atom. The van der Waals surface area contributed by atoms with Gasteiger partial charge < -0.3 is 4.31 Å². The summed E-state index contributed by atoms with van der Waals surface area (Å²) in [6, 6.07) is 0. The Kier molecular flexibility index (Phi) is 4.58. The molecule has 0 fully saturated rings. The molecule has 3 heteroatoms. The van der Waals surface area contributed by atoms with Crippen LogP contribution in [-0.2, 0) is 0 Å². The second-order valence-electron chi connectivity index (χ2n) is 1.89. The molecule has 0 amide bonds. The molecule has 54 valence electrons. The minimum absolute atomic E-state index is 0.965. The number of nitrogens with zero attached hydrogens (tertiary/aromatic N) is 2. The number of hydrogen-bond acceptors (Lipinski definition) is 2. The van der Waals surface area contributed by atoms with Gasteiger partial charge in [0.25, 0.3) is 0 Å². The molecule has 0 aliphatic rings. The Hall–Kier alpha value is -0.180. The Morgan fingerprint density at radius 2 is 2.22 bits per heavy atom. The van der Waals surface area contributed by atoms with E-state index < -0.39 is 0 Å². The molecule has 0 aliphatic heterocycles. The number of rotatable bonds is 2. The molecule has 2 nitrogen and oxygen atoms in total. The summed E-state index contributed by atoms with van der Waals surface area (Å²) in [7, 11) is 1.77. The van der Waals surface area contributed by atoms with Crippen molar-refractivity contribution in [3.05, 3.63) is 0 Å². The molecule has 0 bridgehead atoms. The molecule has 0 spiro atoms. The first kappa shape index (κ1) is 8.82. The minimum atomic E-state index is 0.965. The highest BCUT2D eigenvalue weighted by atomic mass is 32.1. The number of thiol groups is 1. The van der Waals surface area contributed by atoms with Crippen molar-refractivity contribution in [2.24, 2.45) is 4.99 Å². The van der Waals surface area contributed by atoms with E-state index in [1.165, 1.54) is 0 Å². The van der Waals surface area contributed by atoms with Crippen molar-refractivity contribution in [2.75, 3.05) is 13.6 Å². The van der Waals surface area contributed by atoms with Crippen molar-refractivity contribution in [3.8, 4) is 0 Å². The first-order valence-electron chi connectivity index (χ1n) is 3.12. The van der Waals surface area contributed by atoms with Crippen molar-refractivity contribution >= 4 is 18.7 Å². The van der Waals surface area contributed by atoms with Gasteiger partial charge in [-0.3, -0.25) is 4.99 Å². The SMILES string of the molecule is CCCN(S)/C(C)=N\C. The van der Waals surface area contributed by atoms with Gasteiger partial charge in [0.2, 0.25) is 0 Å². The lowest BCUT2D eigenvalue weighted by atomic mass is 10.5. The van der Waals surface area contributed by atoms with Crippen molar-refractivity contribution in [3.63, 3.8) is 0 Å². The standard InChI is InChI=1S/C6H14N2S/c1-4-5-8(9)6(2)7-3/h9H,4-5H2,1-3H3/b7-6-. The molecule has 0 heterocycles. The molecular formula is C6H14N2S. The van der Waals surface area contributed by atoms with Crippen LogP contribution in [0.3, 0.4) is 0 Å². The van der Waals surface area contributed by atoms with Crippen LogP contribution < -0.4 is 0 Å². The van der Waals surface area contributed by atoms with E-state index in [4.69, 9.17) is 0 Å². The van der Waals surface area contributed by atoms with Gasteiger partial charge in [0.1, 0.15) is 5.84 Å². The van der Waals surface area contributed by atoms with Gasteiger partial charge in [-0.25, -0.2) is 0 Å². The zero-order valence-corrected chi connectivity index (χ0v) is 7.15. The molecule has 0 aliphatic carbocycles.